The van der Waals surface area contributed by atoms with E-state index < -0.39 is 0 Å². The molecular formula is C11H23P. The summed E-state index contributed by atoms with van der Waals surface area (Å²) in [5.74, 6) is 1.84. The fourth-order valence-corrected chi connectivity index (χ4v) is 6.09. The Morgan fingerprint density at radius 2 is 1.25 bits per heavy atom. The Morgan fingerprint density at radius 1 is 0.917 bits per heavy atom. The first-order valence-corrected chi connectivity index (χ1v) is 7.18. The molecule has 0 saturated carbocycles. The van der Waals surface area contributed by atoms with Crippen molar-refractivity contribution >= 4 is 7.92 Å². The van der Waals surface area contributed by atoms with Gasteiger partial charge in [0.2, 0.25) is 0 Å². The molecule has 0 bridgehead atoms. The second kappa shape index (κ2) is 4.09. The Bertz CT molecular complexity index is 124. The maximum absolute atomic E-state index is 2.53. The van der Waals surface area contributed by atoms with E-state index in [4.69, 9.17) is 0 Å². The van der Waals surface area contributed by atoms with E-state index in [-0.39, 0.29) is 0 Å². The average molecular weight is 186 g/mol. The van der Waals surface area contributed by atoms with E-state index >= 15 is 0 Å². The molecule has 1 heteroatoms. The van der Waals surface area contributed by atoms with Crippen LogP contribution in [0.3, 0.4) is 0 Å². The van der Waals surface area contributed by atoms with E-state index in [9.17, 15) is 0 Å². The average Bonchev–Trinajstić information content (AvgIpc) is 2.30. The van der Waals surface area contributed by atoms with E-state index in [2.05, 4.69) is 34.4 Å². The fourth-order valence-electron chi connectivity index (χ4n) is 2.60. The molecule has 1 rings (SSSR count). The first-order chi connectivity index (χ1) is 5.54. The molecule has 1 aliphatic heterocycles. The summed E-state index contributed by atoms with van der Waals surface area (Å²) in [7, 11) is 0.329. The van der Waals surface area contributed by atoms with Crippen molar-refractivity contribution in [2.24, 2.45) is 11.8 Å². The van der Waals surface area contributed by atoms with E-state index in [1.165, 1.54) is 12.8 Å². The van der Waals surface area contributed by atoms with Crippen LogP contribution >= 0.6 is 7.92 Å². The summed E-state index contributed by atoms with van der Waals surface area (Å²) < 4.78 is 0. The Labute approximate surface area is 78.9 Å². The Balaban J connectivity index is 2.55. The van der Waals surface area contributed by atoms with Crippen LogP contribution < -0.4 is 0 Å². The first-order valence-electron chi connectivity index (χ1n) is 5.26. The molecule has 12 heavy (non-hydrogen) atoms. The zero-order chi connectivity index (χ0) is 9.30. The summed E-state index contributed by atoms with van der Waals surface area (Å²) in [4.78, 5) is 0. The lowest BCUT2D eigenvalue weighted by atomic mass is 10.0. The van der Waals surface area contributed by atoms with Gasteiger partial charge in [0.25, 0.3) is 0 Å². The lowest BCUT2D eigenvalue weighted by Gasteiger charge is -2.26. The Hall–Kier alpha value is 0.430. The van der Waals surface area contributed by atoms with Crippen LogP contribution in [0.4, 0.5) is 0 Å². The van der Waals surface area contributed by atoms with E-state index in [0.717, 1.165) is 23.2 Å². The largest absolute Gasteiger partial charge is 0.103 e. The van der Waals surface area contributed by atoms with Crippen LogP contribution in [0.15, 0.2) is 0 Å². The number of rotatable bonds is 2. The predicted octanol–water partition coefficient (Wildman–Crippen LogP) is 3.94. The fraction of sp³-hybridized carbons (Fsp3) is 1.00. The van der Waals surface area contributed by atoms with Crippen molar-refractivity contribution < 1.29 is 0 Å². The van der Waals surface area contributed by atoms with Gasteiger partial charge in [0, 0.05) is 0 Å². The summed E-state index contributed by atoms with van der Waals surface area (Å²) in [6.07, 6.45) is 3.01. The Morgan fingerprint density at radius 3 is 1.42 bits per heavy atom. The second-order valence-electron chi connectivity index (χ2n) is 4.87. The molecule has 2 atom stereocenters. The smallest absolute Gasteiger partial charge is 0.0186 e. The number of hydrogen-bond acceptors (Lipinski definition) is 0. The van der Waals surface area contributed by atoms with Gasteiger partial charge in [-0.15, -0.1) is 7.92 Å². The molecule has 0 aliphatic carbocycles. The summed E-state index contributed by atoms with van der Waals surface area (Å²) in [5, 5.41) is 0. The predicted molar refractivity (Wildman–Crippen MR) is 59.3 cm³/mol. The molecular weight excluding hydrogens is 163 g/mol. The third-order valence-electron chi connectivity index (χ3n) is 3.34. The van der Waals surface area contributed by atoms with Gasteiger partial charge in [0.1, 0.15) is 0 Å². The SMILES string of the molecule is CC(C)C1CCC(C(C)C)P1C. The van der Waals surface area contributed by atoms with Crippen molar-refractivity contribution in [1.29, 1.82) is 0 Å². The van der Waals surface area contributed by atoms with E-state index in [1.54, 1.807) is 0 Å². The molecule has 0 radical (unpaired) electrons. The minimum atomic E-state index is 0.329. The molecule has 1 saturated heterocycles. The van der Waals surface area contributed by atoms with Crippen molar-refractivity contribution in [1.82, 2.24) is 0 Å². The van der Waals surface area contributed by atoms with Gasteiger partial charge in [-0.3, -0.25) is 0 Å². The Kier molecular flexibility index (Phi) is 3.58. The van der Waals surface area contributed by atoms with Gasteiger partial charge in [0.15, 0.2) is 0 Å². The molecule has 0 amide bonds. The molecule has 0 aromatic heterocycles. The van der Waals surface area contributed by atoms with Crippen LogP contribution in [0.2, 0.25) is 0 Å². The molecule has 72 valence electrons. The normalized spacial score (nSPS) is 36.8. The molecule has 1 aliphatic rings. The highest BCUT2D eigenvalue weighted by Crippen LogP contribution is 2.57. The van der Waals surface area contributed by atoms with Gasteiger partial charge < -0.3 is 0 Å². The van der Waals surface area contributed by atoms with Crippen molar-refractivity contribution in [2.45, 2.75) is 51.9 Å². The molecule has 2 unspecified atom stereocenters. The maximum Gasteiger partial charge on any atom is -0.0186 e. The number of hydrogen-bond donors (Lipinski definition) is 0. The molecule has 0 spiro atoms. The van der Waals surface area contributed by atoms with E-state index in [1.807, 2.05) is 0 Å². The van der Waals surface area contributed by atoms with Gasteiger partial charge in [-0.05, 0) is 42.7 Å². The van der Waals surface area contributed by atoms with Crippen molar-refractivity contribution in [2.75, 3.05) is 6.66 Å². The summed E-state index contributed by atoms with van der Waals surface area (Å²) in [5.41, 5.74) is 2.12. The molecule has 0 N–H and O–H groups in total. The quantitative estimate of drug-likeness (QED) is 0.573. The monoisotopic (exact) mass is 186 g/mol. The third-order valence-corrected chi connectivity index (χ3v) is 7.14. The first kappa shape index (κ1) is 10.5. The third kappa shape index (κ3) is 2.02. The molecule has 0 aromatic carbocycles. The highest BCUT2D eigenvalue weighted by molar-refractivity contribution is 7.58. The van der Waals surface area contributed by atoms with Crippen LogP contribution in [-0.4, -0.2) is 18.0 Å². The standard InChI is InChI=1S/C11H23P/c1-8(2)10-6-7-11(9(3)4)12(10)5/h8-11H,6-7H2,1-5H3. The van der Waals surface area contributed by atoms with Crippen LogP contribution in [0.25, 0.3) is 0 Å². The summed E-state index contributed by atoms with van der Waals surface area (Å²) in [6.45, 7) is 12.1. The van der Waals surface area contributed by atoms with Crippen molar-refractivity contribution in [3.63, 3.8) is 0 Å². The van der Waals surface area contributed by atoms with Crippen LogP contribution in [-0.2, 0) is 0 Å². The second-order valence-corrected chi connectivity index (χ2v) is 7.52. The van der Waals surface area contributed by atoms with Gasteiger partial charge >= 0.3 is 0 Å². The lowest BCUT2D eigenvalue weighted by Crippen LogP contribution is -2.12. The topological polar surface area (TPSA) is 0 Å². The van der Waals surface area contributed by atoms with E-state index in [0.29, 0.717) is 7.92 Å². The van der Waals surface area contributed by atoms with Crippen LogP contribution in [0.1, 0.15) is 40.5 Å². The van der Waals surface area contributed by atoms with Gasteiger partial charge in [-0.1, -0.05) is 27.7 Å². The lowest BCUT2D eigenvalue weighted by molar-refractivity contribution is 0.543. The molecule has 0 aromatic rings. The van der Waals surface area contributed by atoms with Gasteiger partial charge in [-0.25, -0.2) is 0 Å². The summed E-state index contributed by atoms with van der Waals surface area (Å²) >= 11 is 0. The van der Waals surface area contributed by atoms with Crippen molar-refractivity contribution in [3.05, 3.63) is 0 Å². The summed E-state index contributed by atoms with van der Waals surface area (Å²) in [6, 6.07) is 0. The molecule has 1 heterocycles. The maximum atomic E-state index is 2.53. The minimum absolute atomic E-state index is 0.329. The molecule has 1 fully saturated rings. The zero-order valence-electron chi connectivity index (χ0n) is 9.17. The van der Waals surface area contributed by atoms with Crippen LogP contribution in [0.5, 0.6) is 0 Å². The van der Waals surface area contributed by atoms with Crippen molar-refractivity contribution in [3.8, 4) is 0 Å². The minimum Gasteiger partial charge on any atom is -0.103 e. The van der Waals surface area contributed by atoms with Crippen LogP contribution in [0, 0.1) is 11.8 Å². The highest BCUT2D eigenvalue weighted by Gasteiger charge is 2.35. The van der Waals surface area contributed by atoms with Gasteiger partial charge in [0.05, 0.1) is 0 Å². The van der Waals surface area contributed by atoms with Gasteiger partial charge in [-0.2, -0.15) is 0 Å². The molecule has 0 nitrogen and oxygen atoms in total. The zero-order valence-corrected chi connectivity index (χ0v) is 10.1. The highest BCUT2D eigenvalue weighted by atomic mass is 31.1.